The highest BCUT2D eigenvalue weighted by atomic mass is 35.5. The van der Waals surface area contributed by atoms with Gasteiger partial charge < -0.3 is 15.5 Å². The number of nitro groups is 1. The maximum Gasteiger partial charge on any atom is 0.271 e. The van der Waals surface area contributed by atoms with Crippen molar-refractivity contribution >= 4 is 28.9 Å². The van der Waals surface area contributed by atoms with E-state index in [4.69, 9.17) is 11.6 Å². The maximum absolute atomic E-state index is 12.0. The van der Waals surface area contributed by atoms with Gasteiger partial charge in [-0.2, -0.15) is 0 Å². The number of phenolic OH excluding ortho intramolecular Hbond substituents is 2. The first-order chi connectivity index (χ1) is 9.90. The van der Waals surface area contributed by atoms with Gasteiger partial charge in [0.05, 0.1) is 15.6 Å². The molecule has 0 unspecified atom stereocenters. The van der Waals surface area contributed by atoms with Crippen LogP contribution in [0.3, 0.4) is 0 Å². The minimum absolute atomic E-state index is 0.0348. The van der Waals surface area contributed by atoms with Crippen molar-refractivity contribution in [2.75, 3.05) is 5.32 Å². The molecule has 2 aromatic carbocycles. The Labute approximate surface area is 123 Å². The molecule has 108 valence electrons. The lowest BCUT2D eigenvalue weighted by atomic mass is 10.1. The molecule has 0 saturated carbocycles. The van der Waals surface area contributed by atoms with Gasteiger partial charge in [0.15, 0.2) is 0 Å². The Bertz CT molecular complexity index is 712. The SMILES string of the molecule is O=C(Nc1ccc([N+](=O)[O-])cc1Cl)c1c(O)cccc1O. The van der Waals surface area contributed by atoms with Gasteiger partial charge >= 0.3 is 0 Å². The summed E-state index contributed by atoms with van der Waals surface area (Å²) in [6.07, 6.45) is 0. The second kappa shape index (κ2) is 5.68. The van der Waals surface area contributed by atoms with E-state index >= 15 is 0 Å². The van der Waals surface area contributed by atoms with Crippen LogP contribution in [0, 0.1) is 10.1 Å². The van der Waals surface area contributed by atoms with Gasteiger partial charge in [-0.15, -0.1) is 0 Å². The zero-order valence-electron chi connectivity index (χ0n) is 10.4. The van der Waals surface area contributed by atoms with Crippen molar-refractivity contribution in [1.29, 1.82) is 0 Å². The average Bonchev–Trinajstić information content (AvgIpc) is 2.40. The molecule has 0 heterocycles. The van der Waals surface area contributed by atoms with Crippen LogP contribution in [0.15, 0.2) is 36.4 Å². The number of benzene rings is 2. The molecule has 0 saturated heterocycles. The molecule has 1 amide bonds. The minimum Gasteiger partial charge on any atom is -0.507 e. The van der Waals surface area contributed by atoms with Crippen molar-refractivity contribution in [3.05, 3.63) is 57.1 Å². The largest absolute Gasteiger partial charge is 0.507 e. The summed E-state index contributed by atoms with van der Waals surface area (Å²) >= 11 is 5.84. The molecule has 0 aliphatic carbocycles. The number of anilines is 1. The summed E-state index contributed by atoms with van der Waals surface area (Å²) in [4.78, 5) is 22.0. The molecule has 0 fully saturated rings. The number of aromatic hydroxyl groups is 2. The van der Waals surface area contributed by atoms with E-state index in [-0.39, 0.29) is 22.0 Å². The maximum atomic E-state index is 12.0. The molecule has 0 spiro atoms. The van der Waals surface area contributed by atoms with Crippen molar-refractivity contribution in [3.8, 4) is 11.5 Å². The first kappa shape index (κ1) is 14.6. The zero-order valence-corrected chi connectivity index (χ0v) is 11.2. The number of phenols is 2. The Hall–Kier alpha value is -2.80. The summed E-state index contributed by atoms with van der Waals surface area (Å²) in [5.74, 6) is -1.59. The van der Waals surface area contributed by atoms with Gasteiger partial charge in [0.1, 0.15) is 17.1 Å². The number of nitrogens with zero attached hydrogens (tertiary/aromatic N) is 1. The molecule has 2 aromatic rings. The Kier molecular flexibility index (Phi) is 3.95. The number of halogens is 1. The van der Waals surface area contributed by atoms with Gasteiger partial charge in [-0.25, -0.2) is 0 Å². The molecular formula is C13H9ClN2O5. The lowest BCUT2D eigenvalue weighted by Crippen LogP contribution is -2.12. The fourth-order valence-corrected chi connectivity index (χ4v) is 1.89. The monoisotopic (exact) mass is 308 g/mol. The zero-order chi connectivity index (χ0) is 15.6. The highest BCUT2D eigenvalue weighted by Gasteiger charge is 2.18. The molecule has 21 heavy (non-hydrogen) atoms. The van der Waals surface area contributed by atoms with E-state index in [1.807, 2.05) is 0 Å². The Morgan fingerprint density at radius 1 is 1.19 bits per heavy atom. The lowest BCUT2D eigenvalue weighted by molar-refractivity contribution is -0.384. The van der Waals surface area contributed by atoms with Gasteiger partial charge in [-0.05, 0) is 18.2 Å². The first-order valence-electron chi connectivity index (χ1n) is 5.66. The van der Waals surface area contributed by atoms with E-state index in [0.29, 0.717) is 0 Å². The van der Waals surface area contributed by atoms with Crippen molar-refractivity contribution in [2.45, 2.75) is 0 Å². The predicted molar refractivity (Wildman–Crippen MR) is 75.8 cm³/mol. The van der Waals surface area contributed by atoms with Crippen LogP contribution >= 0.6 is 11.6 Å². The van der Waals surface area contributed by atoms with Gasteiger partial charge in [-0.1, -0.05) is 17.7 Å². The normalized spacial score (nSPS) is 10.1. The van der Waals surface area contributed by atoms with Gasteiger partial charge in [0.25, 0.3) is 11.6 Å². The number of nitrogens with one attached hydrogen (secondary N) is 1. The van der Waals surface area contributed by atoms with Crippen LogP contribution in [0.25, 0.3) is 0 Å². The number of amides is 1. The predicted octanol–water partition coefficient (Wildman–Crippen LogP) is 2.91. The molecule has 8 heteroatoms. The van der Waals surface area contributed by atoms with E-state index in [0.717, 1.165) is 6.07 Å². The highest BCUT2D eigenvalue weighted by Crippen LogP contribution is 2.30. The number of carbonyl (C=O) groups excluding carboxylic acids is 1. The Morgan fingerprint density at radius 2 is 1.81 bits per heavy atom. The summed E-state index contributed by atoms with van der Waals surface area (Å²) in [6.45, 7) is 0. The Balaban J connectivity index is 2.30. The molecular weight excluding hydrogens is 300 g/mol. The van der Waals surface area contributed by atoms with Gasteiger partial charge in [-0.3, -0.25) is 14.9 Å². The van der Waals surface area contributed by atoms with E-state index in [2.05, 4.69) is 5.32 Å². The molecule has 7 nitrogen and oxygen atoms in total. The summed E-state index contributed by atoms with van der Waals surface area (Å²) in [5.41, 5.74) is -0.412. The average molecular weight is 309 g/mol. The molecule has 0 radical (unpaired) electrons. The summed E-state index contributed by atoms with van der Waals surface area (Å²) in [6, 6.07) is 7.38. The van der Waals surface area contributed by atoms with Gasteiger partial charge in [0.2, 0.25) is 0 Å². The van der Waals surface area contributed by atoms with Crippen LogP contribution in [0.2, 0.25) is 5.02 Å². The van der Waals surface area contributed by atoms with Crippen LogP contribution in [0.5, 0.6) is 11.5 Å². The second-order valence-corrected chi connectivity index (χ2v) is 4.45. The van der Waals surface area contributed by atoms with Crippen molar-refractivity contribution < 1.29 is 19.9 Å². The van der Waals surface area contributed by atoms with Crippen LogP contribution in [0.4, 0.5) is 11.4 Å². The number of non-ortho nitro benzene ring substituents is 1. The highest BCUT2D eigenvalue weighted by molar-refractivity contribution is 6.34. The fourth-order valence-electron chi connectivity index (χ4n) is 1.66. The fraction of sp³-hybridized carbons (Fsp3) is 0. The standard InChI is InChI=1S/C13H9ClN2O5/c14-8-6-7(16(20)21)4-5-9(8)15-13(19)12-10(17)2-1-3-11(12)18/h1-6,17-18H,(H,15,19). The summed E-state index contributed by atoms with van der Waals surface area (Å²) in [7, 11) is 0. The number of rotatable bonds is 3. The van der Waals surface area contributed by atoms with Crippen LogP contribution in [-0.2, 0) is 0 Å². The van der Waals surface area contributed by atoms with E-state index < -0.39 is 22.3 Å². The first-order valence-corrected chi connectivity index (χ1v) is 6.04. The van der Waals surface area contributed by atoms with Crippen LogP contribution < -0.4 is 5.32 Å². The number of hydrogen-bond donors (Lipinski definition) is 3. The molecule has 2 rings (SSSR count). The molecule has 0 aromatic heterocycles. The second-order valence-electron chi connectivity index (χ2n) is 4.05. The van der Waals surface area contributed by atoms with Crippen LogP contribution in [-0.4, -0.2) is 21.0 Å². The summed E-state index contributed by atoms with van der Waals surface area (Å²) < 4.78 is 0. The quantitative estimate of drug-likeness (QED) is 0.596. The number of hydrogen-bond acceptors (Lipinski definition) is 5. The smallest absolute Gasteiger partial charge is 0.271 e. The van der Waals surface area contributed by atoms with E-state index in [1.54, 1.807) is 0 Å². The van der Waals surface area contributed by atoms with Gasteiger partial charge in [0, 0.05) is 12.1 Å². The third kappa shape index (κ3) is 3.03. The van der Waals surface area contributed by atoms with Crippen LogP contribution in [0.1, 0.15) is 10.4 Å². The third-order valence-corrected chi connectivity index (χ3v) is 2.97. The molecule has 0 bridgehead atoms. The van der Waals surface area contributed by atoms with E-state index in [1.165, 1.54) is 30.3 Å². The minimum atomic E-state index is -0.790. The molecule has 3 N–H and O–H groups in total. The lowest BCUT2D eigenvalue weighted by Gasteiger charge is -2.09. The molecule has 0 atom stereocenters. The molecule has 0 aliphatic rings. The summed E-state index contributed by atoms with van der Waals surface area (Å²) in [5, 5.41) is 32.1. The Morgan fingerprint density at radius 3 is 2.33 bits per heavy atom. The van der Waals surface area contributed by atoms with Crippen molar-refractivity contribution in [1.82, 2.24) is 0 Å². The van der Waals surface area contributed by atoms with Crippen molar-refractivity contribution in [3.63, 3.8) is 0 Å². The number of nitro benzene ring substituents is 1. The van der Waals surface area contributed by atoms with E-state index in [9.17, 15) is 25.1 Å². The molecule has 0 aliphatic heterocycles. The third-order valence-electron chi connectivity index (χ3n) is 2.66. The number of carbonyl (C=O) groups is 1. The topological polar surface area (TPSA) is 113 Å². The van der Waals surface area contributed by atoms with Crippen molar-refractivity contribution in [2.24, 2.45) is 0 Å².